The first kappa shape index (κ1) is 17.9. The van der Waals surface area contributed by atoms with Crippen LogP contribution in [0.25, 0.3) is 0 Å². The molecular formula is C15H32O3. The molecular weight excluding hydrogens is 228 g/mol. The monoisotopic (exact) mass is 260 g/mol. The quantitative estimate of drug-likeness (QED) is 0.385. The van der Waals surface area contributed by atoms with Crippen LogP contribution in [0.4, 0.5) is 0 Å². The van der Waals surface area contributed by atoms with Gasteiger partial charge in [0.2, 0.25) is 0 Å². The smallest absolute Gasteiger partial charge is 0.285 e. The Morgan fingerprint density at radius 1 is 0.778 bits per heavy atom. The third-order valence-corrected chi connectivity index (χ3v) is 3.75. The van der Waals surface area contributed by atoms with Gasteiger partial charge in [0.1, 0.15) is 0 Å². The summed E-state index contributed by atoms with van der Waals surface area (Å²) in [5.74, 6) is -0.568. The molecule has 0 heterocycles. The van der Waals surface area contributed by atoms with Crippen LogP contribution in [0.1, 0.15) is 65.2 Å². The molecule has 18 heavy (non-hydrogen) atoms. The maximum atomic E-state index is 5.44. The fourth-order valence-electron chi connectivity index (χ4n) is 2.55. The molecule has 0 aliphatic carbocycles. The van der Waals surface area contributed by atoms with Gasteiger partial charge < -0.3 is 14.2 Å². The van der Waals surface area contributed by atoms with Crippen LogP contribution < -0.4 is 0 Å². The maximum absolute atomic E-state index is 5.44. The molecule has 110 valence electrons. The Morgan fingerprint density at radius 2 is 1.28 bits per heavy atom. The first-order chi connectivity index (χ1) is 8.70. The molecule has 0 radical (unpaired) electrons. The Bertz CT molecular complexity index is 170. The van der Waals surface area contributed by atoms with Crippen molar-refractivity contribution in [3.05, 3.63) is 0 Å². The average molecular weight is 260 g/mol. The summed E-state index contributed by atoms with van der Waals surface area (Å²) in [6.07, 6.45) is 9.97. The molecule has 0 aromatic heterocycles. The molecule has 0 aliphatic rings. The van der Waals surface area contributed by atoms with E-state index in [1.807, 2.05) is 0 Å². The van der Waals surface area contributed by atoms with Crippen LogP contribution in [0.5, 0.6) is 0 Å². The molecule has 0 saturated heterocycles. The lowest BCUT2D eigenvalue weighted by Gasteiger charge is -2.36. The molecule has 1 unspecified atom stereocenters. The summed E-state index contributed by atoms with van der Waals surface area (Å²) < 4.78 is 16.3. The van der Waals surface area contributed by atoms with E-state index in [1.54, 1.807) is 21.3 Å². The van der Waals surface area contributed by atoms with Crippen molar-refractivity contribution < 1.29 is 14.2 Å². The van der Waals surface area contributed by atoms with Gasteiger partial charge in [-0.25, -0.2) is 0 Å². The molecule has 3 heteroatoms. The third kappa shape index (κ3) is 5.68. The normalized spacial score (nSPS) is 13.8. The van der Waals surface area contributed by atoms with Crippen molar-refractivity contribution in [3.8, 4) is 0 Å². The molecule has 0 bridgehead atoms. The van der Waals surface area contributed by atoms with Crippen molar-refractivity contribution in [2.24, 2.45) is 5.92 Å². The van der Waals surface area contributed by atoms with Gasteiger partial charge in [0, 0.05) is 27.2 Å². The lowest BCUT2D eigenvalue weighted by molar-refractivity contribution is -0.380. The van der Waals surface area contributed by atoms with Crippen molar-refractivity contribution in [2.75, 3.05) is 21.3 Å². The van der Waals surface area contributed by atoms with E-state index in [4.69, 9.17) is 14.2 Å². The number of methoxy groups -OCH3 is 3. The Kier molecular flexibility index (Phi) is 10.7. The van der Waals surface area contributed by atoms with Crippen LogP contribution >= 0.6 is 0 Å². The Labute approximate surface area is 113 Å². The number of unbranched alkanes of at least 4 members (excludes halogenated alkanes) is 5. The summed E-state index contributed by atoms with van der Waals surface area (Å²) in [5.41, 5.74) is 0. The van der Waals surface area contributed by atoms with Crippen LogP contribution in [0.15, 0.2) is 0 Å². The molecule has 0 N–H and O–H groups in total. The second-order valence-electron chi connectivity index (χ2n) is 4.88. The highest BCUT2D eigenvalue weighted by Gasteiger charge is 2.38. The highest BCUT2D eigenvalue weighted by molar-refractivity contribution is 4.69. The second kappa shape index (κ2) is 10.8. The highest BCUT2D eigenvalue weighted by atomic mass is 16.9. The molecule has 0 saturated carbocycles. The number of ether oxygens (including phenoxy) is 3. The van der Waals surface area contributed by atoms with E-state index in [-0.39, 0.29) is 0 Å². The lowest BCUT2D eigenvalue weighted by Crippen LogP contribution is -2.43. The van der Waals surface area contributed by atoms with E-state index in [0.717, 1.165) is 12.8 Å². The van der Waals surface area contributed by atoms with Crippen molar-refractivity contribution in [1.29, 1.82) is 0 Å². The van der Waals surface area contributed by atoms with E-state index >= 15 is 0 Å². The van der Waals surface area contributed by atoms with Crippen molar-refractivity contribution in [1.82, 2.24) is 0 Å². The highest BCUT2D eigenvalue weighted by Crippen LogP contribution is 2.30. The molecule has 0 rings (SSSR count). The van der Waals surface area contributed by atoms with E-state index in [0.29, 0.717) is 5.92 Å². The summed E-state index contributed by atoms with van der Waals surface area (Å²) >= 11 is 0. The minimum Gasteiger partial charge on any atom is -0.331 e. The predicted octanol–water partition coefficient (Wildman–Crippen LogP) is 4.36. The van der Waals surface area contributed by atoms with Gasteiger partial charge in [-0.1, -0.05) is 52.4 Å². The van der Waals surface area contributed by atoms with Gasteiger partial charge in [0.15, 0.2) is 0 Å². The van der Waals surface area contributed by atoms with Crippen LogP contribution in [-0.4, -0.2) is 27.3 Å². The molecule has 0 amide bonds. The summed E-state index contributed by atoms with van der Waals surface area (Å²) in [7, 11) is 4.95. The van der Waals surface area contributed by atoms with Crippen molar-refractivity contribution >= 4 is 0 Å². The number of rotatable bonds is 12. The minimum atomic E-state index is -0.863. The van der Waals surface area contributed by atoms with Crippen molar-refractivity contribution in [2.45, 2.75) is 71.2 Å². The zero-order valence-electron chi connectivity index (χ0n) is 13.0. The van der Waals surface area contributed by atoms with Crippen molar-refractivity contribution in [3.63, 3.8) is 0 Å². The van der Waals surface area contributed by atoms with Gasteiger partial charge >= 0.3 is 0 Å². The largest absolute Gasteiger partial charge is 0.331 e. The summed E-state index contributed by atoms with van der Waals surface area (Å²) in [5, 5.41) is 0. The maximum Gasteiger partial charge on any atom is 0.285 e. The molecule has 0 aromatic carbocycles. The van der Waals surface area contributed by atoms with Crippen LogP contribution in [-0.2, 0) is 14.2 Å². The predicted molar refractivity (Wildman–Crippen MR) is 75.5 cm³/mol. The van der Waals surface area contributed by atoms with Crippen LogP contribution in [0, 0.1) is 5.92 Å². The summed E-state index contributed by atoms with van der Waals surface area (Å²) in [6.45, 7) is 4.41. The van der Waals surface area contributed by atoms with Gasteiger partial charge in [-0.3, -0.25) is 0 Å². The van der Waals surface area contributed by atoms with Gasteiger partial charge in [0.25, 0.3) is 5.97 Å². The Morgan fingerprint density at radius 3 is 1.72 bits per heavy atom. The van der Waals surface area contributed by atoms with E-state index in [1.165, 1.54) is 38.5 Å². The number of hydrogen-bond acceptors (Lipinski definition) is 3. The molecule has 0 aliphatic heterocycles. The first-order valence-corrected chi connectivity index (χ1v) is 7.36. The standard InChI is InChI=1S/C15H32O3/c1-6-8-9-10-11-12-13-14(7-2)15(16-3,17-4)18-5/h14H,6-13H2,1-5H3. The Balaban J connectivity index is 4.01. The topological polar surface area (TPSA) is 27.7 Å². The van der Waals surface area contributed by atoms with Gasteiger partial charge in [0.05, 0.1) is 0 Å². The average Bonchev–Trinajstić information content (AvgIpc) is 2.42. The summed E-state index contributed by atoms with van der Waals surface area (Å²) in [4.78, 5) is 0. The fourth-order valence-corrected chi connectivity index (χ4v) is 2.55. The lowest BCUT2D eigenvalue weighted by atomic mass is 9.95. The zero-order chi connectivity index (χ0) is 13.9. The van der Waals surface area contributed by atoms with E-state index < -0.39 is 5.97 Å². The van der Waals surface area contributed by atoms with Crippen LogP contribution in [0.3, 0.4) is 0 Å². The van der Waals surface area contributed by atoms with Gasteiger partial charge in [-0.2, -0.15) is 0 Å². The molecule has 3 nitrogen and oxygen atoms in total. The second-order valence-corrected chi connectivity index (χ2v) is 4.88. The third-order valence-electron chi connectivity index (χ3n) is 3.75. The zero-order valence-corrected chi connectivity index (χ0v) is 13.0. The van der Waals surface area contributed by atoms with E-state index in [2.05, 4.69) is 13.8 Å². The van der Waals surface area contributed by atoms with E-state index in [9.17, 15) is 0 Å². The number of hydrogen-bond donors (Lipinski definition) is 0. The molecule has 1 atom stereocenters. The SMILES string of the molecule is CCCCCCCCC(CC)C(OC)(OC)OC. The summed E-state index contributed by atoms with van der Waals surface area (Å²) in [6, 6.07) is 0. The van der Waals surface area contributed by atoms with Gasteiger partial charge in [-0.15, -0.1) is 0 Å². The first-order valence-electron chi connectivity index (χ1n) is 7.36. The van der Waals surface area contributed by atoms with Gasteiger partial charge in [-0.05, 0) is 12.8 Å². The Hall–Kier alpha value is -0.120. The molecule has 0 spiro atoms. The minimum absolute atomic E-state index is 0.295. The van der Waals surface area contributed by atoms with Crippen LogP contribution in [0.2, 0.25) is 0 Å². The fraction of sp³-hybridized carbons (Fsp3) is 1.00. The molecule has 0 aromatic rings. The molecule has 0 fully saturated rings.